The van der Waals surface area contributed by atoms with E-state index in [0.717, 1.165) is 0 Å². The largest absolute Gasteiger partial charge is 0.490 e. The Labute approximate surface area is 74.7 Å². The van der Waals surface area contributed by atoms with Gasteiger partial charge in [-0.3, -0.25) is 0 Å². The first-order valence-corrected chi connectivity index (χ1v) is 4.24. The van der Waals surface area contributed by atoms with Gasteiger partial charge in [0, 0.05) is 0 Å². The molecule has 1 N–H and O–H groups in total. The van der Waals surface area contributed by atoms with Crippen LogP contribution in [-0.2, 0) is 4.79 Å². The quantitative estimate of drug-likeness (QED) is 0.649. The van der Waals surface area contributed by atoms with Crippen molar-refractivity contribution < 1.29 is 23.1 Å². The summed E-state index contributed by atoms with van der Waals surface area (Å²) >= 11 is 0. The first-order valence-electron chi connectivity index (χ1n) is 4.24. The Bertz CT molecular complexity index is 138. The van der Waals surface area contributed by atoms with E-state index in [1.165, 1.54) is 38.5 Å². The van der Waals surface area contributed by atoms with Gasteiger partial charge < -0.3 is 5.11 Å². The molecule has 5 heteroatoms. The third-order valence-electron chi connectivity index (χ3n) is 1.74. The first-order chi connectivity index (χ1) is 5.94. The van der Waals surface area contributed by atoms with E-state index in [-0.39, 0.29) is 0 Å². The lowest BCUT2D eigenvalue weighted by molar-refractivity contribution is -0.192. The second kappa shape index (κ2) is 5.83. The third-order valence-corrected chi connectivity index (χ3v) is 1.74. The Balaban J connectivity index is 0.000000223. The summed E-state index contributed by atoms with van der Waals surface area (Å²) in [7, 11) is 0. The fourth-order valence-corrected chi connectivity index (χ4v) is 1.06. The smallest absolute Gasteiger partial charge is 0.475 e. The van der Waals surface area contributed by atoms with Crippen molar-refractivity contribution in [3.05, 3.63) is 0 Å². The Morgan fingerprint density at radius 3 is 1.15 bits per heavy atom. The minimum atomic E-state index is -5.08. The van der Waals surface area contributed by atoms with E-state index in [4.69, 9.17) is 9.90 Å². The average molecular weight is 198 g/mol. The van der Waals surface area contributed by atoms with Crippen LogP contribution < -0.4 is 0 Å². The van der Waals surface area contributed by atoms with Crippen molar-refractivity contribution in [2.45, 2.75) is 44.7 Å². The number of hydrogen-bond donors (Lipinski definition) is 1. The zero-order chi connectivity index (χ0) is 10.3. The van der Waals surface area contributed by atoms with Crippen LogP contribution in [0.15, 0.2) is 0 Å². The van der Waals surface area contributed by atoms with Gasteiger partial charge in [0.2, 0.25) is 0 Å². The van der Waals surface area contributed by atoms with Crippen LogP contribution in [-0.4, -0.2) is 17.3 Å². The standard InChI is InChI=1S/C6H12.C2HF3O2/c1-2-4-6-5-3-1;3-2(4,5)1(6)7/h1-6H2;(H,6,7). The molecule has 13 heavy (non-hydrogen) atoms. The highest BCUT2D eigenvalue weighted by Gasteiger charge is 2.38. The maximum absolute atomic E-state index is 10.6. The van der Waals surface area contributed by atoms with Crippen LogP contribution in [0.25, 0.3) is 0 Å². The lowest BCUT2D eigenvalue weighted by atomic mass is 10.0. The highest BCUT2D eigenvalue weighted by molar-refractivity contribution is 5.73. The van der Waals surface area contributed by atoms with Crippen molar-refractivity contribution in [3.8, 4) is 0 Å². The molecule has 1 aliphatic rings. The summed E-state index contributed by atoms with van der Waals surface area (Å²) in [4.78, 5) is 8.90. The summed E-state index contributed by atoms with van der Waals surface area (Å²) in [5.41, 5.74) is 0. The number of alkyl halides is 3. The van der Waals surface area contributed by atoms with Gasteiger partial charge in [0.25, 0.3) is 0 Å². The van der Waals surface area contributed by atoms with Crippen molar-refractivity contribution in [1.82, 2.24) is 0 Å². The molecule has 2 nitrogen and oxygen atoms in total. The normalized spacial score (nSPS) is 17.2. The number of hydrogen-bond acceptors (Lipinski definition) is 1. The summed E-state index contributed by atoms with van der Waals surface area (Å²) in [6, 6.07) is 0. The minimum absolute atomic E-state index is 1.50. The van der Waals surface area contributed by atoms with Crippen LogP contribution in [0, 0.1) is 0 Å². The number of carboxylic acid groups (broad SMARTS) is 1. The fraction of sp³-hybridized carbons (Fsp3) is 0.875. The molecule has 0 unspecified atom stereocenters. The van der Waals surface area contributed by atoms with Gasteiger partial charge in [-0.25, -0.2) is 4.79 Å². The predicted octanol–water partition coefficient (Wildman–Crippen LogP) is 2.97. The zero-order valence-corrected chi connectivity index (χ0v) is 7.23. The maximum Gasteiger partial charge on any atom is 0.490 e. The van der Waals surface area contributed by atoms with E-state index < -0.39 is 12.1 Å². The van der Waals surface area contributed by atoms with Gasteiger partial charge in [0.15, 0.2) is 0 Å². The molecule has 0 aromatic rings. The van der Waals surface area contributed by atoms with Crippen LogP contribution in [0.3, 0.4) is 0 Å². The molecule has 1 saturated carbocycles. The predicted molar refractivity (Wildman–Crippen MR) is 41.4 cm³/mol. The molecular formula is C8H13F3O2. The van der Waals surface area contributed by atoms with Crippen LogP contribution in [0.5, 0.6) is 0 Å². The zero-order valence-electron chi connectivity index (χ0n) is 7.23. The molecule has 0 saturated heterocycles. The fourth-order valence-electron chi connectivity index (χ4n) is 1.06. The first kappa shape index (κ1) is 12.3. The lowest BCUT2D eigenvalue weighted by Crippen LogP contribution is -2.21. The van der Waals surface area contributed by atoms with Crippen molar-refractivity contribution in [2.24, 2.45) is 0 Å². The van der Waals surface area contributed by atoms with E-state index in [1.807, 2.05) is 0 Å². The van der Waals surface area contributed by atoms with E-state index in [2.05, 4.69) is 0 Å². The molecule has 1 rings (SSSR count). The van der Waals surface area contributed by atoms with E-state index in [0.29, 0.717) is 0 Å². The van der Waals surface area contributed by atoms with Gasteiger partial charge in [0.1, 0.15) is 0 Å². The number of carbonyl (C=O) groups is 1. The van der Waals surface area contributed by atoms with Gasteiger partial charge in [-0.2, -0.15) is 13.2 Å². The third kappa shape index (κ3) is 7.62. The van der Waals surface area contributed by atoms with Gasteiger partial charge in [0.05, 0.1) is 0 Å². The molecule has 78 valence electrons. The molecule has 0 bridgehead atoms. The molecule has 0 radical (unpaired) electrons. The number of rotatable bonds is 0. The average Bonchev–Trinajstić information content (AvgIpc) is 2.07. The molecule has 0 heterocycles. The van der Waals surface area contributed by atoms with Crippen molar-refractivity contribution >= 4 is 5.97 Å². The molecule has 0 aromatic carbocycles. The summed E-state index contributed by atoms with van der Waals surface area (Å²) in [5, 5.41) is 7.12. The van der Waals surface area contributed by atoms with Crippen molar-refractivity contribution in [2.75, 3.05) is 0 Å². The number of halogens is 3. The van der Waals surface area contributed by atoms with Crippen molar-refractivity contribution in [3.63, 3.8) is 0 Å². The Hall–Kier alpha value is -0.740. The van der Waals surface area contributed by atoms with Crippen molar-refractivity contribution in [1.29, 1.82) is 0 Å². The summed E-state index contributed by atoms with van der Waals surface area (Å²) < 4.78 is 31.7. The Kier molecular flexibility index (Phi) is 5.50. The van der Waals surface area contributed by atoms with Crippen LogP contribution in [0.1, 0.15) is 38.5 Å². The second-order valence-electron chi connectivity index (χ2n) is 2.92. The van der Waals surface area contributed by atoms with E-state index in [9.17, 15) is 13.2 Å². The molecule has 1 aliphatic carbocycles. The van der Waals surface area contributed by atoms with E-state index >= 15 is 0 Å². The lowest BCUT2D eigenvalue weighted by Gasteiger charge is -2.05. The maximum atomic E-state index is 10.6. The van der Waals surface area contributed by atoms with E-state index in [1.54, 1.807) is 0 Å². The molecule has 0 amide bonds. The minimum Gasteiger partial charge on any atom is -0.475 e. The van der Waals surface area contributed by atoms with Gasteiger partial charge >= 0.3 is 12.1 Å². The Morgan fingerprint density at radius 1 is 0.923 bits per heavy atom. The topological polar surface area (TPSA) is 37.3 Å². The van der Waals surface area contributed by atoms with Crippen LogP contribution in [0.4, 0.5) is 13.2 Å². The summed E-state index contributed by atoms with van der Waals surface area (Å²) in [6.45, 7) is 0. The van der Waals surface area contributed by atoms with Gasteiger partial charge in [-0.05, 0) is 0 Å². The Morgan fingerprint density at radius 2 is 1.08 bits per heavy atom. The van der Waals surface area contributed by atoms with Crippen LogP contribution >= 0.6 is 0 Å². The molecule has 0 atom stereocenters. The number of aliphatic carboxylic acids is 1. The SMILES string of the molecule is C1CCCCC1.O=C(O)C(F)(F)F. The molecule has 0 aromatic heterocycles. The number of carboxylic acids is 1. The highest BCUT2D eigenvalue weighted by atomic mass is 19.4. The van der Waals surface area contributed by atoms with Crippen LogP contribution in [0.2, 0.25) is 0 Å². The molecule has 0 spiro atoms. The molecular weight excluding hydrogens is 185 g/mol. The molecule has 1 fully saturated rings. The van der Waals surface area contributed by atoms with Gasteiger partial charge in [-0.1, -0.05) is 38.5 Å². The second-order valence-corrected chi connectivity index (χ2v) is 2.92. The molecule has 0 aliphatic heterocycles. The highest BCUT2D eigenvalue weighted by Crippen LogP contribution is 2.15. The monoisotopic (exact) mass is 198 g/mol. The van der Waals surface area contributed by atoms with Gasteiger partial charge in [-0.15, -0.1) is 0 Å². The summed E-state index contributed by atoms with van der Waals surface area (Å²) in [6.07, 6.45) is 3.92. The summed E-state index contributed by atoms with van der Waals surface area (Å²) in [5.74, 6) is -2.76.